The van der Waals surface area contributed by atoms with Crippen molar-refractivity contribution in [1.82, 2.24) is 4.90 Å². The third-order valence-electron chi connectivity index (χ3n) is 4.91. The number of nitrogens with two attached hydrogens (primary N) is 1. The van der Waals surface area contributed by atoms with Crippen LogP contribution in [0.25, 0.3) is 0 Å². The summed E-state index contributed by atoms with van der Waals surface area (Å²) in [5, 5.41) is 0. The van der Waals surface area contributed by atoms with Crippen molar-refractivity contribution in [3.63, 3.8) is 0 Å². The van der Waals surface area contributed by atoms with Crippen molar-refractivity contribution in [2.45, 2.75) is 57.0 Å². The first-order valence-corrected chi connectivity index (χ1v) is 7.94. The minimum atomic E-state index is 0.654. The molecule has 2 nitrogen and oxygen atoms in total. The molecule has 1 aliphatic heterocycles. The molecule has 1 fully saturated rings. The third kappa shape index (κ3) is 2.70. The molecule has 0 amide bonds. The Labute approximate surface area is 117 Å². The van der Waals surface area contributed by atoms with Gasteiger partial charge in [-0.25, -0.2) is 0 Å². The van der Waals surface area contributed by atoms with Gasteiger partial charge in [0.15, 0.2) is 0 Å². The number of hydrogen-bond acceptors (Lipinski definition) is 2. The Balaban J connectivity index is 1.84. The summed E-state index contributed by atoms with van der Waals surface area (Å²) in [7, 11) is 0. The van der Waals surface area contributed by atoms with Crippen LogP contribution in [0.2, 0.25) is 0 Å². The Morgan fingerprint density at radius 3 is 2.89 bits per heavy atom. The van der Waals surface area contributed by atoms with Crippen molar-refractivity contribution >= 4 is 0 Å². The van der Waals surface area contributed by atoms with E-state index in [0.29, 0.717) is 6.04 Å². The highest BCUT2D eigenvalue weighted by Gasteiger charge is 2.31. The number of aryl methyl sites for hydroxylation is 1. The lowest BCUT2D eigenvalue weighted by Gasteiger charge is -2.43. The highest BCUT2D eigenvalue weighted by molar-refractivity contribution is 5.32. The van der Waals surface area contributed by atoms with Crippen LogP contribution in [0.1, 0.15) is 55.7 Å². The van der Waals surface area contributed by atoms with Gasteiger partial charge >= 0.3 is 0 Å². The predicted molar refractivity (Wildman–Crippen MR) is 80.1 cm³/mol. The number of likely N-dealkylation sites (tertiary alicyclic amines) is 1. The highest BCUT2D eigenvalue weighted by atomic mass is 15.2. The molecule has 1 heterocycles. The maximum Gasteiger partial charge on any atom is 0.0353 e. The number of piperidine rings is 1. The summed E-state index contributed by atoms with van der Waals surface area (Å²) in [4.78, 5) is 2.77. The first-order valence-electron chi connectivity index (χ1n) is 7.94. The van der Waals surface area contributed by atoms with E-state index in [1.165, 1.54) is 51.5 Å². The minimum absolute atomic E-state index is 0.654. The van der Waals surface area contributed by atoms with Gasteiger partial charge in [-0.3, -0.25) is 4.90 Å². The van der Waals surface area contributed by atoms with Crippen LogP contribution in [0.4, 0.5) is 0 Å². The third-order valence-corrected chi connectivity index (χ3v) is 4.91. The van der Waals surface area contributed by atoms with Crippen LogP contribution in [-0.2, 0) is 6.42 Å². The van der Waals surface area contributed by atoms with Gasteiger partial charge in [0, 0.05) is 12.1 Å². The number of nitrogens with zero attached hydrogens (tertiary/aromatic N) is 1. The quantitative estimate of drug-likeness (QED) is 0.901. The molecule has 1 aromatic carbocycles. The van der Waals surface area contributed by atoms with Crippen LogP contribution in [0, 0.1) is 0 Å². The second kappa shape index (κ2) is 6.06. The van der Waals surface area contributed by atoms with E-state index < -0.39 is 0 Å². The van der Waals surface area contributed by atoms with E-state index in [0.717, 1.165) is 12.6 Å². The Hall–Kier alpha value is -0.860. The van der Waals surface area contributed by atoms with Gasteiger partial charge in [-0.15, -0.1) is 0 Å². The van der Waals surface area contributed by atoms with E-state index in [-0.39, 0.29) is 0 Å². The predicted octanol–water partition coefficient (Wildman–Crippen LogP) is 3.27. The largest absolute Gasteiger partial charge is 0.330 e. The second-order valence-corrected chi connectivity index (χ2v) is 6.07. The van der Waals surface area contributed by atoms with E-state index in [1.54, 1.807) is 11.1 Å². The molecular weight excluding hydrogens is 232 g/mol. The van der Waals surface area contributed by atoms with Gasteiger partial charge in [0.05, 0.1) is 0 Å². The molecule has 0 spiro atoms. The average Bonchev–Trinajstić information content (AvgIpc) is 2.48. The number of benzene rings is 1. The van der Waals surface area contributed by atoms with Crippen LogP contribution in [0.15, 0.2) is 24.3 Å². The Morgan fingerprint density at radius 2 is 2.00 bits per heavy atom. The fraction of sp³-hybridized carbons (Fsp3) is 0.647. The molecule has 104 valence electrons. The number of fused-ring (bicyclic) bond motifs is 1. The van der Waals surface area contributed by atoms with Crippen molar-refractivity contribution < 1.29 is 0 Å². The summed E-state index contributed by atoms with van der Waals surface area (Å²) in [5.74, 6) is 0. The van der Waals surface area contributed by atoms with Crippen LogP contribution in [-0.4, -0.2) is 24.0 Å². The van der Waals surface area contributed by atoms with E-state index in [9.17, 15) is 0 Å². The molecule has 0 radical (unpaired) electrons. The maximum atomic E-state index is 5.82. The summed E-state index contributed by atoms with van der Waals surface area (Å²) in [6.07, 6.45) is 9.19. The van der Waals surface area contributed by atoms with Crippen LogP contribution >= 0.6 is 0 Å². The van der Waals surface area contributed by atoms with Gasteiger partial charge in [0.25, 0.3) is 0 Å². The lowest BCUT2D eigenvalue weighted by molar-refractivity contribution is 0.0800. The normalized spacial score (nSPS) is 28.1. The summed E-state index contributed by atoms with van der Waals surface area (Å²) < 4.78 is 0. The van der Waals surface area contributed by atoms with Crippen molar-refractivity contribution in [2.24, 2.45) is 5.73 Å². The standard InChI is InChI=1S/C17H26N2/c18-12-11-15-8-3-4-13-19(15)17-10-5-7-14-6-1-2-9-16(14)17/h1-2,6,9,15,17H,3-5,7-8,10-13,18H2. The molecule has 1 aliphatic carbocycles. The van der Waals surface area contributed by atoms with Gasteiger partial charge in [-0.1, -0.05) is 30.7 Å². The van der Waals surface area contributed by atoms with E-state index >= 15 is 0 Å². The molecular formula is C17H26N2. The van der Waals surface area contributed by atoms with Gasteiger partial charge in [0.2, 0.25) is 0 Å². The number of hydrogen-bond donors (Lipinski definition) is 1. The van der Waals surface area contributed by atoms with Crippen molar-refractivity contribution in [3.8, 4) is 0 Å². The van der Waals surface area contributed by atoms with Crippen molar-refractivity contribution in [3.05, 3.63) is 35.4 Å². The Morgan fingerprint density at radius 1 is 1.11 bits per heavy atom. The fourth-order valence-electron chi connectivity index (χ4n) is 4.01. The maximum absolute atomic E-state index is 5.82. The molecule has 1 saturated heterocycles. The van der Waals surface area contributed by atoms with E-state index in [4.69, 9.17) is 5.73 Å². The zero-order valence-electron chi connectivity index (χ0n) is 11.9. The molecule has 2 unspecified atom stereocenters. The molecule has 1 aromatic rings. The van der Waals surface area contributed by atoms with Crippen molar-refractivity contribution in [1.29, 1.82) is 0 Å². The topological polar surface area (TPSA) is 29.3 Å². The summed E-state index contributed by atoms with van der Waals surface area (Å²) >= 11 is 0. The minimum Gasteiger partial charge on any atom is -0.330 e. The Bertz CT molecular complexity index is 413. The zero-order valence-corrected chi connectivity index (χ0v) is 11.9. The molecule has 0 bridgehead atoms. The molecule has 0 saturated carbocycles. The molecule has 2 N–H and O–H groups in total. The van der Waals surface area contributed by atoms with Gasteiger partial charge in [-0.05, 0) is 62.7 Å². The molecule has 19 heavy (non-hydrogen) atoms. The van der Waals surface area contributed by atoms with Crippen molar-refractivity contribution in [2.75, 3.05) is 13.1 Å². The zero-order chi connectivity index (χ0) is 13.1. The molecule has 3 rings (SSSR count). The van der Waals surface area contributed by atoms with Crippen LogP contribution < -0.4 is 5.73 Å². The van der Waals surface area contributed by atoms with E-state index in [2.05, 4.69) is 29.2 Å². The van der Waals surface area contributed by atoms with Gasteiger partial charge in [-0.2, -0.15) is 0 Å². The first-order chi connectivity index (χ1) is 9.40. The lowest BCUT2D eigenvalue weighted by Crippen LogP contribution is -2.44. The summed E-state index contributed by atoms with van der Waals surface area (Å²) in [6.45, 7) is 2.10. The fourth-order valence-corrected chi connectivity index (χ4v) is 4.01. The molecule has 0 aromatic heterocycles. The van der Waals surface area contributed by atoms with Crippen LogP contribution in [0.5, 0.6) is 0 Å². The van der Waals surface area contributed by atoms with Crippen LogP contribution in [0.3, 0.4) is 0 Å². The molecule has 2 atom stereocenters. The summed E-state index contributed by atoms with van der Waals surface area (Å²) in [5.41, 5.74) is 8.99. The average molecular weight is 258 g/mol. The monoisotopic (exact) mass is 258 g/mol. The van der Waals surface area contributed by atoms with Gasteiger partial charge in [0.1, 0.15) is 0 Å². The Kier molecular flexibility index (Phi) is 4.19. The SMILES string of the molecule is NCCC1CCCCN1C1CCCc2ccccc21. The molecule has 2 aliphatic rings. The lowest BCUT2D eigenvalue weighted by atomic mass is 9.84. The number of rotatable bonds is 3. The van der Waals surface area contributed by atoms with E-state index in [1.807, 2.05) is 0 Å². The summed E-state index contributed by atoms with van der Waals surface area (Å²) in [6, 6.07) is 10.4. The molecule has 2 heteroatoms. The van der Waals surface area contributed by atoms with Gasteiger partial charge < -0.3 is 5.73 Å². The highest BCUT2D eigenvalue weighted by Crippen LogP contribution is 2.38. The second-order valence-electron chi connectivity index (χ2n) is 6.07. The smallest absolute Gasteiger partial charge is 0.0353 e. The first kappa shape index (κ1) is 13.1.